The molecule has 0 spiro atoms. The van der Waals surface area contributed by atoms with Gasteiger partial charge in [-0.1, -0.05) is 51.1 Å². The summed E-state index contributed by atoms with van der Waals surface area (Å²) in [5.41, 5.74) is -1.11. The molecule has 2 amide bonds. The molecule has 2 atom stereocenters. The molecule has 3 rings (SSSR count). The van der Waals surface area contributed by atoms with Gasteiger partial charge in [0.15, 0.2) is 11.5 Å². The molecular weight excluding hydrogens is 588 g/mol. The quantitative estimate of drug-likeness (QED) is 0.134. The molecule has 44 heavy (non-hydrogen) atoms. The van der Waals surface area contributed by atoms with E-state index in [0.717, 1.165) is 9.87 Å². The van der Waals surface area contributed by atoms with Crippen molar-refractivity contribution < 1.29 is 37.3 Å². The number of sulfonamides is 1. The molecule has 13 heteroatoms. The number of benzene rings is 2. The van der Waals surface area contributed by atoms with Crippen LogP contribution in [0.25, 0.3) is 0 Å². The van der Waals surface area contributed by atoms with Gasteiger partial charge < -0.3 is 35.3 Å². The Balaban J connectivity index is 1.70. The van der Waals surface area contributed by atoms with Crippen LogP contribution in [0, 0.1) is 11.8 Å². The van der Waals surface area contributed by atoms with Crippen LogP contribution in [0.3, 0.4) is 0 Å². The summed E-state index contributed by atoms with van der Waals surface area (Å²) in [6.45, 7) is 7.24. The van der Waals surface area contributed by atoms with E-state index >= 15 is 0 Å². The molecule has 2 aromatic carbocycles. The molecule has 1 heterocycles. The van der Waals surface area contributed by atoms with Gasteiger partial charge >= 0.3 is 0 Å². The zero-order valence-electron chi connectivity index (χ0n) is 26.0. The van der Waals surface area contributed by atoms with Gasteiger partial charge in [0.05, 0.1) is 18.0 Å². The summed E-state index contributed by atoms with van der Waals surface area (Å²) in [5.74, 6) is 0.0949. The second-order valence-corrected chi connectivity index (χ2v) is 13.3. The first-order valence-corrected chi connectivity index (χ1v) is 16.3. The number of carbonyl (C=O) groups is 2. The molecule has 2 unspecified atom stereocenters. The minimum Gasteiger partial charge on any atom is -0.454 e. The van der Waals surface area contributed by atoms with Crippen molar-refractivity contribution in [1.82, 2.24) is 20.3 Å². The van der Waals surface area contributed by atoms with Gasteiger partial charge in [-0.2, -0.15) is 4.31 Å². The van der Waals surface area contributed by atoms with Crippen LogP contribution < -0.4 is 25.4 Å². The molecule has 244 valence electrons. The van der Waals surface area contributed by atoms with Crippen LogP contribution in [0.2, 0.25) is 0 Å². The van der Waals surface area contributed by atoms with Gasteiger partial charge in [-0.25, -0.2) is 8.42 Å². The monoisotopic (exact) mass is 634 g/mol. The van der Waals surface area contributed by atoms with Crippen LogP contribution in [0.1, 0.15) is 39.2 Å². The lowest BCUT2D eigenvalue weighted by Gasteiger charge is -2.40. The summed E-state index contributed by atoms with van der Waals surface area (Å²) in [6.07, 6.45) is 0.114. The van der Waals surface area contributed by atoms with E-state index in [-0.39, 0.29) is 74.2 Å². The maximum Gasteiger partial charge on any atom is 0.245 e. The predicted octanol–water partition coefficient (Wildman–Crippen LogP) is 1.88. The largest absolute Gasteiger partial charge is 0.454 e. The molecule has 12 nitrogen and oxygen atoms in total. The normalized spacial score (nSPS) is 14.8. The first-order chi connectivity index (χ1) is 20.9. The maximum atomic E-state index is 14.1. The second kappa shape index (κ2) is 16.7. The summed E-state index contributed by atoms with van der Waals surface area (Å²) >= 11 is 0. The maximum absolute atomic E-state index is 14.1. The van der Waals surface area contributed by atoms with Gasteiger partial charge in [0.2, 0.25) is 28.6 Å². The Morgan fingerprint density at radius 2 is 1.75 bits per heavy atom. The fourth-order valence-corrected chi connectivity index (χ4v) is 6.65. The topological polar surface area (TPSA) is 156 Å². The van der Waals surface area contributed by atoms with Crippen molar-refractivity contribution in [3.63, 3.8) is 0 Å². The Morgan fingerprint density at radius 1 is 1.02 bits per heavy atom. The Kier molecular flexibility index (Phi) is 13.4. The number of carbonyl (C=O) groups excluding carboxylic acids is 2. The number of nitrogens with one attached hydrogen (secondary N) is 3. The van der Waals surface area contributed by atoms with Crippen LogP contribution in [-0.2, 0) is 30.8 Å². The molecule has 4 N–H and O–H groups in total. The number of rotatable bonds is 19. The SMILES string of the molecule is COCCNCC(=O)NCC(C)CC(=O)NCCC(O)(Cc1ccccc1)N(CC(C)C)S(=O)(=O)c1ccc2c(c1)OCO2. The predicted molar refractivity (Wildman–Crippen MR) is 166 cm³/mol. The number of methoxy groups -OCH3 is 1. The van der Waals surface area contributed by atoms with E-state index in [1.807, 2.05) is 51.1 Å². The molecule has 1 aliphatic rings. The number of fused-ring (bicyclic) bond motifs is 1. The van der Waals surface area contributed by atoms with Crippen molar-refractivity contribution in [2.24, 2.45) is 11.8 Å². The Morgan fingerprint density at radius 3 is 2.45 bits per heavy atom. The highest BCUT2D eigenvalue weighted by Crippen LogP contribution is 2.37. The smallest absolute Gasteiger partial charge is 0.245 e. The van der Waals surface area contributed by atoms with Crippen LogP contribution >= 0.6 is 0 Å². The fraction of sp³-hybridized carbons (Fsp3) is 0.548. The van der Waals surface area contributed by atoms with Crippen LogP contribution in [0.5, 0.6) is 11.5 Å². The molecule has 1 aliphatic heterocycles. The number of nitrogens with zero attached hydrogens (tertiary/aromatic N) is 1. The minimum absolute atomic E-state index is 0.00324. The molecule has 2 aromatic rings. The molecule has 0 aromatic heterocycles. The Hall–Kier alpha value is -3.23. The van der Waals surface area contributed by atoms with Gasteiger partial charge in [-0.05, 0) is 29.5 Å². The standard InChI is InChI=1S/C31H46N4O8S/c1-23(2)21-35(44(39,40)26-10-11-27-28(17-26)43-22-42-27)31(38,18-25-8-6-5-7-9-25)12-13-33-29(36)16-24(3)19-34-30(37)20-32-14-15-41-4/h5-11,17,23-24,32,38H,12-16,18-22H2,1-4H3,(H,33,36)(H,34,37). The molecule has 0 saturated carbocycles. The summed E-state index contributed by atoms with van der Waals surface area (Å²) in [7, 11) is -2.62. The first-order valence-electron chi connectivity index (χ1n) is 14.9. The fourth-order valence-electron chi connectivity index (χ4n) is 4.80. The molecule has 0 fully saturated rings. The molecule has 0 radical (unpaired) electrons. The van der Waals surface area contributed by atoms with Crippen LogP contribution in [0.4, 0.5) is 0 Å². The van der Waals surface area contributed by atoms with Gasteiger partial charge in [0.25, 0.3) is 0 Å². The van der Waals surface area contributed by atoms with Crippen molar-refractivity contribution in [2.45, 2.75) is 50.7 Å². The Labute approximate surface area is 260 Å². The lowest BCUT2D eigenvalue weighted by Crippen LogP contribution is -2.55. The van der Waals surface area contributed by atoms with E-state index in [2.05, 4.69) is 16.0 Å². The highest BCUT2D eigenvalue weighted by molar-refractivity contribution is 7.89. The summed E-state index contributed by atoms with van der Waals surface area (Å²) < 4.78 is 45.0. The molecule has 0 aliphatic carbocycles. The van der Waals surface area contributed by atoms with Crippen molar-refractivity contribution in [2.75, 3.05) is 53.2 Å². The third-order valence-corrected chi connectivity index (χ3v) is 8.97. The number of amides is 2. The van der Waals surface area contributed by atoms with E-state index in [1.54, 1.807) is 13.2 Å². The highest BCUT2D eigenvalue weighted by atomic mass is 32.2. The van der Waals surface area contributed by atoms with Crippen molar-refractivity contribution in [3.8, 4) is 11.5 Å². The van der Waals surface area contributed by atoms with E-state index in [1.165, 1.54) is 12.1 Å². The lowest BCUT2D eigenvalue weighted by atomic mass is 9.98. The molecule has 0 bridgehead atoms. The Bertz CT molecular complexity index is 1330. The van der Waals surface area contributed by atoms with Gasteiger partial charge in [-0.3, -0.25) is 9.59 Å². The van der Waals surface area contributed by atoms with Crippen molar-refractivity contribution in [3.05, 3.63) is 54.1 Å². The zero-order chi connectivity index (χ0) is 32.2. The number of hydrogen-bond acceptors (Lipinski definition) is 9. The van der Waals surface area contributed by atoms with Crippen molar-refractivity contribution >= 4 is 21.8 Å². The summed E-state index contributed by atoms with van der Waals surface area (Å²) in [6, 6.07) is 13.5. The zero-order valence-corrected chi connectivity index (χ0v) is 26.8. The first kappa shape index (κ1) is 35.3. The number of aliphatic hydroxyl groups is 1. The summed E-state index contributed by atoms with van der Waals surface area (Å²) in [5, 5.41) is 20.8. The minimum atomic E-state index is -4.21. The van der Waals surface area contributed by atoms with Crippen LogP contribution in [-0.4, -0.2) is 88.6 Å². The number of ether oxygens (including phenoxy) is 3. The van der Waals surface area contributed by atoms with Crippen molar-refractivity contribution in [1.29, 1.82) is 0 Å². The highest BCUT2D eigenvalue weighted by Gasteiger charge is 2.43. The lowest BCUT2D eigenvalue weighted by molar-refractivity contribution is -0.124. The summed E-state index contributed by atoms with van der Waals surface area (Å²) in [4.78, 5) is 24.7. The van der Waals surface area contributed by atoms with Crippen LogP contribution in [0.15, 0.2) is 53.4 Å². The van der Waals surface area contributed by atoms with Gasteiger partial charge in [0.1, 0.15) is 5.72 Å². The van der Waals surface area contributed by atoms with Gasteiger partial charge in [-0.15, -0.1) is 0 Å². The average Bonchev–Trinajstić information content (AvgIpc) is 3.45. The second-order valence-electron chi connectivity index (χ2n) is 11.5. The average molecular weight is 635 g/mol. The third-order valence-electron chi connectivity index (χ3n) is 7.05. The van der Waals surface area contributed by atoms with Gasteiger partial charge in [0, 0.05) is 58.6 Å². The molecule has 0 saturated heterocycles. The van der Waals surface area contributed by atoms with E-state index in [4.69, 9.17) is 14.2 Å². The number of hydrogen-bond donors (Lipinski definition) is 4. The molecular formula is C31H46N4O8S. The van der Waals surface area contributed by atoms with E-state index in [0.29, 0.717) is 31.2 Å². The van der Waals surface area contributed by atoms with E-state index < -0.39 is 15.7 Å². The van der Waals surface area contributed by atoms with E-state index in [9.17, 15) is 23.1 Å². The third kappa shape index (κ3) is 10.4.